The first-order valence-corrected chi connectivity index (χ1v) is 11.5. The smallest absolute Gasteiger partial charge is 0.170 e. The van der Waals surface area contributed by atoms with Crippen LogP contribution in [-0.4, -0.2) is 19.8 Å². The molecule has 0 fully saturated rings. The SMILES string of the molecule is CC.CCl.COC[P+](c1ccccc1)(c1ccccc1)c1ccccc1. The summed E-state index contributed by atoms with van der Waals surface area (Å²) in [6.07, 6.45) is 2.19. The first kappa shape index (κ1) is 22.4. The highest BCUT2D eigenvalue weighted by atomic mass is 35.5. The quantitative estimate of drug-likeness (QED) is 0.417. The first-order chi connectivity index (χ1) is 12.9. The van der Waals surface area contributed by atoms with Crippen LogP contribution in [0.5, 0.6) is 0 Å². The number of benzene rings is 3. The van der Waals surface area contributed by atoms with Gasteiger partial charge in [0.15, 0.2) is 6.35 Å². The zero-order valence-electron chi connectivity index (χ0n) is 16.1. The van der Waals surface area contributed by atoms with Crippen molar-refractivity contribution in [1.29, 1.82) is 0 Å². The van der Waals surface area contributed by atoms with Gasteiger partial charge >= 0.3 is 0 Å². The molecule has 0 aliphatic carbocycles. The minimum absolute atomic E-state index is 0.713. The molecular weight excluding hydrogens is 359 g/mol. The van der Waals surface area contributed by atoms with Crippen LogP contribution >= 0.6 is 18.9 Å². The minimum atomic E-state index is -1.78. The van der Waals surface area contributed by atoms with Gasteiger partial charge in [-0.2, -0.15) is 0 Å². The molecule has 0 unspecified atom stereocenters. The van der Waals surface area contributed by atoms with Gasteiger partial charge in [-0.15, -0.1) is 11.6 Å². The zero-order valence-corrected chi connectivity index (χ0v) is 17.8. The van der Waals surface area contributed by atoms with Crippen molar-refractivity contribution in [3.63, 3.8) is 0 Å². The van der Waals surface area contributed by atoms with E-state index >= 15 is 0 Å². The zero-order chi connectivity index (χ0) is 19.3. The van der Waals surface area contributed by atoms with E-state index in [1.54, 1.807) is 7.11 Å². The summed E-state index contributed by atoms with van der Waals surface area (Å²) in [5.41, 5.74) is 0. The molecule has 0 spiro atoms. The van der Waals surface area contributed by atoms with E-state index in [0.29, 0.717) is 6.35 Å². The Morgan fingerprint density at radius 2 is 0.885 bits per heavy atom. The van der Waals surface area contributed by atoms with E-state index in [1.807, 2.05) is 13.8 Å². The van der Waals surface area contributed by atoms with E-state index in [9.17, 15) is 0 Å². The summed E-state index contributed by atoms with van der Waals surface area (Å²) in [5.74, 6) is 0. The van der Waals surface area contributed by atoms with E-state index in [1.165, 1.54) is 22.3 Å². The molecule has 3 rings (SSSR count). The van der Waals surface area contributed by atoms with Crippen LogP contribution < -0.4 is 15.9 Å². The van der Waals surface area contributed by atoms with Gasteiger partial charge in [-0.1, -0.05) is 68.4 Å². The third-order valence-electron chi connectivity index (χ3n) is 3.91. The lowest BCUT2D eigenvalue weighted by Gasteiger charge is -2.26. The predicted molar refractivity (Wildman–Crippen MR) is 120 cm³/mol. The highest BCUT2D eigenvalue weighted by Gasteiger charge is 2.45. The van der Waals surface area contributed by atoms with Gasteiger partial charge in [0.2, 0.25) is 0 Å². The molecule has 0 saturated heterocycles. The summed E-state index contributed by atoms with van der Waals surface area (Å²) in [6.45, 7) is 4.00. The summed E-state index contributed by atoms with van der Waals surface area (Å²) < 4.78 is 5.72. The molecule has 3 aromatic rings. The highest BCUT2D eigenvalue weighted by Crippen LogP contribution is 2.54. The van der Waals surface area contributed by atoms with Crippen molar-refractivity contribution < 1.29 is 4.74 Å². The largest absolute Gasteiger partial charge is 0.348 e. The molecule has 3 aromatic carbocycles. The molecule has 1 nitrogen and oxygen atoms in total. The molecule has 138 valence electrons. The Kier molecular flexibility index (Phi) is 10.9. The van der Waals surface area contributed by atoms with E-state index in [-0.39, 0.29) is 0 Å². The second kappa shape index (κ2) is 12.7. The molecule has 3 heteroatoms. The third-order valence-corrected chi connectivity index (χ3v) is 8.10. The fourth-order valence-corrected chi connectivity index (χ4v) is 6.68. The predicted octanol–water partition coefficient (Wildman–Crippen LogP) is 5.47. The van der Waals surface area contributed by atoms with Crippen LogP contribution in [0.3, 0.4) is 0 Å². The topological polar surface area (TPSA) is 9.23 Å². The second-order valence-corrected chi connectivity index (χ2v) is 8.66. The Morgan fingerprint density at radius 3 is 1.12 bits per heavy atom. The number of hydrogen-bond donors (Lipinski definition) is 0. The average molecular weight is 388 g/mol. The second-order valence-electron chi connectivity index (χ2n) is 5.23. The Hall–Kier alpha value is -1.66. The maximum Gasteiger partial charge on any atom is 0.170 e. The molecule has 0 bridgehead atoms. The number of hydrogen-bond acceptors (Lipinski definition) is 1. The van der Waals surface area contributed by atoms with Crippen molar-refractivity contribution in [2.24, 2.45) is 0 Å². The van der Waals surface area contributed by atoms with Gasteiger partial charge in [-0.3, -0.25) is 0 Å². The van der Waals surface area contributed by atoms with E-state index in [2.05, 4.69) is 103 Å². The molecule has 0 N–H and O–H groups in total. The van der Waals surface area contributed by atoms with Crippen molar-refractivity contribution in [2.45, 2.75) is 13.8 Å². The van der Waals surface area contributed by atoms with E-state index < -0.39 is 7.26 Å². The highest BCUT2D eigenvalue weighted by molar-refractivity contribution is 7.95. The van der Waals surface area contributed by atoms with Crippen molar-refractivity contribution in [3.05, 3.63) is 91.0 Å². The van der Waals surface area contributed by atoms with Crippen LogP contribution in [0.15, 0.2) is 91.0 Å². The van der Waals surface area contributed by atoms with Crippen LogP contribution in [0.4, 0.5) is 0 Å². The molecule has 26 heavy (non-hydrogen) atoms. The van der Waals surface area contributed by atoms with Crippen LogP contribution in [0.2, 0.25) is 0 Å². The van der Waals surface area contributed by atoms with Gasteiger partial charge in [-0.05, 0) is 36.4 Å². The van der Waals surface area contributed by atoms with Crippen molar-refractivity contribution in [3.8, 4) is 0 Å². The number of halogens is 1. The van der Waals surface area contributed by atoms with Gasteiger partial charge in [0.25, 0.3) is 0 Å². The Morgan fingerprint density at radius 1 is 0.615 bits per heavy atom. The van der Waals surface area contributed by atoms with Crippen LogP contribution in [0.25, 0.3) is 0 Å². The molecule has 0 radical (unpaired) electrons. The molecule has 0 heterocycles. The lowest BCUT2D eigenvalue weighted by atomic mass is 10.4. The number of alkyl halides is 1. The maximum atomic E-state index is 5.72. The Bertz CT molecular complexity index is 605. The summed E-state index contributed by atoms with van der Waals surface area (Å²) in [6, 6.07) is 32.3. The van der Waals surface area contributed by atoms with Gasteiger partial charge in [0.05, 0.1) is 0 Å². The van der Waals surface area contributed by atoms with Crippen LogP contribution in [-0.2, 0) is 4.74 Å². The molecule has 0 aliphatic rings. The van der Waals surface area contributed by atoms with Gasteiger partial charge in [0.1, 0.15) is 23.2 Å². The van der Waals surface area contributed by atoms with E-state index in [0.717, 1.165) is 0 Å². The molecule has 0 amide bonds. The lowest BCUT2D eigenvalue weighted by molar-refractivity contribution is 0.255. The van der Waals surface area contributed by atoms with Gasteiger partial charge in [-0.25, -0.2) is 0 Å². The van der Waals surface area contributed by atoms with E-state index in [4.69, 9.17) is 4.74 Å². The van der Waals surface area contributed by atoms with Crippen molar-refractivity contribution >= 4 is 34.8 Å². The van der Waals surface area contributed by atoms with Crippen molar-refractivity contribution in [2.75, 3.05) is 19.8 Å². The maximum absolute atomic E-state index is 5.72. The lowest BCUT2D eigenvalue weighted by Crippen LogP contribution is -2.33. The average Bonchev–Trinajstić information content (AvgIpc) is 2.77. The molecule has 0 saturated carbocycles. The fourth-order valence-electron chi connectivity index (χ4n) is 2.91. The van der Waals surface area contributed by atoms with Crippen molar-refractivity contribution in [1.82, 2.24) is 0 Å². The number of methoxy groups -OCH3 is 1. The summed E-state index contributed by atoms with van der Waals surface area (Å²) in [5, 5.41) is 4.07. The minimum Gasteiger partial charge on any atom is -0.348 e. The molecular formula is C23H29ClOP+. The van der Waals surface area contributed by atoms with Gasteiger partial charge < -0.3 is 4.74 Å². The van der Waals surface area contributed by atoms with Gasteiger partial charge in [0, 0.05) is 13.5 Å². The molecule has 0 aliphatic heterocycles. The fraction of sp³-hybridized carbons (Fsp3) is 0.217. The summed E-state index contributed by atoms with van der Waals surface area (Å²) in [7, 11) is 0.0197. The molecule has 0 atom stereocenters. The first-order valence-electron chi connectivity index (χ1n) is 8.79. The third kappa shape index (κ3) is 5.17. The Balaban J connectivity index is 0.000000791. The van der Waals surface area contributed by atoms with Crippen LogP contribution in [0, 0.1) is 0 Å². The summed E-state index contributed by atoms with van der Waals surface area (Å²) >= 11 is 4.64. The normalized spacial score (nSPS) is 10.0. The monoisotopic (exact) mass is 387 g/mol. The standard InChI is InChI=1S/C20H20OP.C2H6.CH3Cl/c1-21-17-22(18-11-5-2-6-12-18,19-13-7-3-8-14-19)20-15-9-4-10-16-20;2*1-2/h2-16H,17H2,1H3;1-2H3;1H3/q+1;;. The number of rotatable bonds is 5. The Labute approximate surface area is 164 Å². The molecule has 0 aromatic heterocycles. The summed E-state index contributed by atoms with van der Waals surface area (Å²) in [4.78, 5) is 0. The number of ether oxygens (including phenoxy) is 1. The van der Waals surface area contributed by atoms with Crippen LogP contribution in [0.1, 0.15) is 13.8 Å².